The highest BCUT2D eigenvalue weighted by molar-refractivity contribution is 6.31. The molecule has 0 spiro atoms. The second-order valence-electron chi connectivity index (χ2n) is 7.19. The Kier molecular flexibility index (Phi) is 4.23. The van der Waals surface area contributed by atoms with Gasteiger partial charge in [-0.05, 0) is 61.9 Å². The third-order valence-electron chi connectivity index (χ3n) is 5.38. The number of para-hydroxylation sites is 1. The van der Waals surface area contributed by atoms with Crippen molar-refractivity contribution in [3.8, 4) is 0 Å². The normalized spacial score (nSPS) is 17.4. The van der Waals surface area contributed by atoms with E-state index in [0.29, 0.717) is 30.1 Å². The first-order chi connectivity index (χ1) is 12.5. The average molecular weight is 369 g/mol. The summed E-state index contributed by atoms with van der Waals surface area (Å²) in [5.74, 6) is -0.314. The Labute approximate surface area is 158 Å². The Hall–Kier alpha value is -2.33. The van der Waals surface area contributed by atoms with Gasteiger partial charge in [-0.1, -0.05) is 35.9 Å². The predicted octanol–water partition coefficient (Wildman–Crippen LogP) is 4.35. The molecule has 26 heavy (non-hydrogen) atoms. The van der Waals surface area contributed by atoms with Crippen molar-refractivity contribution < 1.29 is 9.59 Å². The van der Waals surface area contributed by atoms with Gasteiger partial charge < -0.3 is 10.2 Å². The van der Waals surface area contributed by atoms with Crippen LogP contribution < -0.4 is 10.2 Å². The van der Waals surface area contributed by atoms with E-state index in [4.69, 9.17) is 11.6 Å². The summed E-state index contributed by atoms with van der Waals surface area (Å²) in [6, 6.07) is 13.4. The topological polar surface area (TPSA) is 49.4 Å². The summed E-state index contributed by atoms with van der Waals surface area (Å²) in [7, 11) is 0. The first-order valence-corrected chi connectivity index (χ1v) is 9.36. The van der Waals surface area contributed by atoms with E-state index >= 15 is 0 Å². The number of nitrogens with one attached hydrogen (secondary N) is 1. The highest BCUT2D eigenvalue weighted by Gasteiger charge is 2.58. The molecule has 4 nitrogen and oxygen atoms in total. The molecular formula is C21H21ClN2O2. The first-order valence-electron chi connectivity index (χ1n) is 8.99. The largest absolute Gasteiger partial charge is 0.325 e. The van der Waals surface area contributed by atoms with Crippen molar-refractivity contribution in [2.24, 2.45) is 5.41 Å². The van der Waals surface area contributed by atoms with Gasteiger partial charge in [-0.25, -0.2) is 0 Å². The number of fused-ring (bicyclic) bond motifs is 1. The van der Waals surface area contributed by atoms with Gasteiger partial charge in [0, 0.05) is 22.9 Å². The smallest absolute Gasteiger partial charge is 0.242 e. The summed E-state index contributed by atoms with van der Waals surface area (Å²) in [5, 5.41) is 3.49. The second-order valence-corrected chi connectivity index (χ2v) is 7.60. The van der Waals surface area contributed by atoms with Crippen LogP contribution in [0.5, 0.6) is 0 Å². The Bertz CT molecular complexity index is 889. The number of rotatable bonds is 3. The van der Waals surface area contributed by atoms with Gasteiger partial charge >= 0.3 is 0 Å². The van der Waals surface area contributed by atoms with Gasteiger partial charge in [-0.3, -0.25) is 9.59 Å². The molecule has 1 aliphatic carbocycles. The zero-order chi connectivity index (χ0) is 18.3. The Balaban J connectivity index is 1.56. The van der Waals surface area contributed by atoms with Crippen LogP contribution in [0.4, 0.5) is 11.4 Å². The van der Waals surface area contributed by atoms with E-state index in [1.54, 1.807) is 11.0 Å². The van der Waals surface area contributed by atoms with E-state index in [1.807, 2.05) is 37.3 Å². The minimum Gasteiger partial charge on any atom is -0.325 e. The Morgan fingerprint density at radius 1 is 1.15 bits per heavy atom. The quantitative estimate of drug-likeness (QED) is 0.819. The minimum atomic E-state index is -0.943. The molecule has 0 saturated heterocycles. The molecule has 5 heteroatoms. The summed E-state index contributed by atoms with van der Waals surface area (Å²) >= 11 is 6.14. The molecular weight excluding hydrogens is 348 g/mol. The number of nitrogens with zero attached hydrogens (tertiary/aromatic N) is 1. The highest BCUT2D eigenvalue weighted by atomic mass is 35.5. The number of hydrogen-bond donors (Lipinski definition) is 1. The number of benzene rings is 2. The number of hydrogen-bond acceptors (Lipinski definition) is 2. The third kappa shape index (κ3) is 2.88. The van der Waals surface area contributed by atoms with Gasteiger partial charge in [-0.15, -0.1) is 0 Å². The van der Waals surface area contributed by atoms with Crippen LogP contribution in [0.15, 0.2) is 42.5 Å². The van der Waals surface area contributed by atoms with Crippen LogP contribution in [0.3, 0.4) is 0 Å². The molecule has 4 rings (SSSR count). The van der Waals surface area contributed by atoms with Crippen LogP contribution in [0, 0.1) is 12.3 Å². The van der Waals surface area contributed by atoms with Gasteiger partial charge in [0.2, 0.25) is 11.8 Å². The van der Waals surface area contributed by atoms with Crippen molar-refractivity contribution >= 4 is 34.8 Å². The van der Waals surface area contributed by atoms with Gasteiger partial charge in [0.25, 0.3) is 0 Å². The number of amides is 2. The van der Waals surface area contributed by atoms with E-state index in [0.717, 1.165) is 24.1 Å². The number of aryl methyl sites for hydroxylation is 2. The summed E-state index contributed by atoms with van der Waals surface area (Å²) in [6.07, 6.45) is 3.08. The SMILES string of the molecule is Cc1ccc(NC(=O)C2(C(=O)N3CCCc4ccccc43)CC2)cc1Cl. The van der Waals surface area contributed by atoms with E-state index in [2.05, 4.69) is 11.4 Å². The summed E-state index contributed by atoms with van der Waals surface area (Å²) in [4.78, 5) is 27.9. The van der Waals surface area contributed by atoms with E-state index in [-0.39, 0.29) is 11.8 Å². The molecule has 2 amide bonds. The second kappa shape index (κ2) is 6.44. The van der Waals surface area contributed by atoms with E-state index < -0.39 is 5.41 Å². The zero-order valence-electron chi connectivity index (χ0n) is 14.7. The summed E-state index contributed by atoms with van der Waals surface area (Å²) in [5.41, 5.74) is 2.76. The Morgan fingerprint density at radius 2 is 1.92 bits per heavy atom. The highest BCUT2D eigenvalue weighted by Crippen LogP contribution is 2.49. The maximum atomic E-state index is 13.2. The van der Waals surface area contributed by atoms with Crippen LogP contribution in [0.25, 0.3) is 0 Å². The number of halogens is 1. The molecule has 0 radical (unpaired) electrons. The fourth-order valence-electron chi connectivity index (χ4n) is 3.59. The van der Waals surface area contributed by atoms with Crippen LogP contribution in [0.1, 0.15) is 30.4 Å². The molecule has 1 heterocycles. The van der Waals surface area contributed by atoms with Gasteiger partial charge in [-0.2, -0.15) is 0 Å². The molecule has 0 aromatic heterocycles. The third-order valence-corrected chi connectivity index (χ3v) is 5.79. The van der Waals surface area contributed by atoms with Crippen LogP contribution in [-0.2, 0) is 16.0 Å². The van der Waals surface area contributed by atoms with Crippen molar-refractivity contribution in [3.05, 3.63) is 58.6 Å². The van der Waals surface area contributed by atoms with Gasteiger partial charge in [0.05, 0.1) is 0 Å². The number of carbonyl (C=O) groups is 2. The lowest BCUT2D eigenvalue weighted by molar-refractivity contribution is -0.132. The summed E-state index contributed by atoms with van der Waals surface area (Å²) < 4.78 is 0. The lowest BCUT2D eigenvalue weighted by Crippen LogP contribution is -2.45. The molecule has 0 atom stereocenters. The maximum absolute atomic E-state index is 13.2. The molecule has 1 N–H and O–H groups in total. The van der Waals surface area contributed by atoms with Crippen LogP contribution >= 0.6 is 11.6 Å². The van der Waals surface area contributed by atoms with E-state index in [1.165, 1.54) is 5.56 Å². The molecule has 0 bridgehead atoms. The zero-order valence-corrected chi connectivity index (χ0v) is 15.5. The van der Waals surface area contributed by atoms with E-state index in [9.17, 15) is 9.59 Å². The van der Waals surface area contributed by atoms with Crippen molar-refractivity contribution in [2.75, 3.05) is 16.8 Å². The molecule has 1 fully saturated rings. The van der Waals surface area contributed by atoms with Gasteiger partial charge in [0.15, 0.2) is 0 Å². The van der Waals surface area contributed by atoms with Crippen LogP contribution in [-0.4, -0.2) is 18.4 Å². The molecule has 1 aliphatic heterocycles. The first kappa shape index (κ1) is 17.1. The summed E-state index contributed by atoms with van der Waals surface area (Å²) in [6.45, 7) is 2.58. The average Bonchev–Trinajstić information content (AvgIpc) is 3.46. The fourth-order valence-corrected chi connectivity index (χ4v) is 3.77. The molecule has 2 aliphatic rings. The minimum absolute atomic E-state index is 0.0830. The van der Waals surface area contributed by atoms with Crippen molar-refractivity contribution in [2.45, 2.75) is 32.6 Å². The molecule has 0 unspecified atom stereocenters. The van der Waals surface area contributed by atoms with Crippen molar-refractivity contribution in [1.29, 1.82) is 0 Å². The van der Waals surface area contributed by atoms with Crippen LogP contribution in [0.2, 0.25) is 5.02 Å². The van der Waals surface area contributed by atoms with Crippen molar-refractivity contribution in [1.82, 2.24) is 0 Å². The monoisotopic (exact) mass is 368 g/mol. The number of anilines is 2. The molecule has 134 valence electrons. The van der Waals surface area contributed by atoms with Gasteiger partial charge in [0.1, 0.15) is 5.41 Å². The standard InChI is InChI=1S/C21H21ClN2O2/c1-14-8-9-16(13-17(14)22)23-19(25)21(10-11-21)20(26)24-12-4-6-15-5-2-3-7-18(15)24/h2-3,5,7-9,13H,4,6,10-12H2,1H3,(H,23,25). The molecule has 2 aromatic rings. The molecule has 2 aromatic carbocycles. The predicted molar refractivity (Wildman–Crippen MR) is 104 cm³/mol. The molecule has 1 saturated carbocycles. The Morgan fingerprint density at radius 3 is 2.65 bits per heavy atom. The number of carbonyl (C=O) groups excluding carboxylic acids is 2. The fraction of sp³-hybridized carbons (Fsp3) is 0.333. The van der Waals surface area contributed by atoms with Crippen molar-refractivity contribution in [3.63, 3.8) is 0 Å². The lowest BCUT2D eigenvalue weighted by atomic mass is 9.97. The lowest BCUT2D eigenvalue weighted by Gasteiger charge is -2.32. The maximum Gasteiger partial charge on any atom is 0.242 e.